The molecule has 2 fully saturated rings. The maximum absolute atomic E-state index is 12.7. The zero-order valence-corrected chi connectivity index (χ0v) is 13.8. The average Bonchev–Trinajstić information content (AvgIpc) is 3.28. The minimum absolute atomic E-state index is 0.178. The van der Waals surface area contributed by atoms with Gasteiger partial charge in [-0.25, -0.2) is 14.9 Å². The molecule has 0 saturated carbocycles. The van der Waals surface area contributed by atoms with Gasteiger partial charge in [0.1, 0.15) is 36.5 Å². The van der Waals surface area contributed by atoms with Gasteiger partial charge in [-0.3, -0.25) is 13.8 Å². The van der Waals surface area contributed by atoms with E-state index in [0.717, 1.165) is 0 Å². The highest BCUT2D eigenvalue weighted by Crippen LogP contribution is 2.57. The number of imidazole rings is 1. The Kier molecular flexibility index (Phi) is 4.17. The number of rotatable bonds is 3. The van der Waals surface area contributed by atoms with Crippen LogP contribution in [-0.2, 0) is 18.9 Å². The Morgan fingerprint density at radius 1 is 1.40 bits per heavy atom. The quantitative estimate of drug-likeness (QED) is 0.364. The van der Waals surface area contributed by atoms with Crippen LogP contribution in [0.1, 0.15) is 18.1 Å². The molecule has 25 heavy (non-hydrogen) atoms. The van der Waals surface area contributed by atoms with Crippen LogP contribution in [0.25, 0.3) is 0 Å². The first-order valence-corrected chi connectivity index (χ1v) is 9.40. The van der Waals surface area contributed by atoms with Crippen LogP contribution in [0, 0.1) is 0 Å². The van der Waals surface area contributed by atoms with Crippen LogP contribution < -0.4 is 5.73 Å². The Balaban J connectivity index is 1.64. The first-order valence-electron chi connectivity index (χ1n) is 7.64. The van der Waals surface area contributed by atoms with Gasteiger partial charge in [-0.2, -0.15) is 4.67 Å². The molecule has 1 aromatic rings. The van der Waals surface area contributed by atoms with Gasteiger partial charge in [-0.1, -0.05) is 0 Å². The van der Waals surface area contributed by atoms with Crippen molar-refractivity contribution in [1.82, 2.24) is 14.2 Å². The summed E-state index contributed by atoms with van der Waals surface area (Å²) in [5.74, 6) is 0.297. The lowest BCUT2D eigenvalue weighted by molar-refractivity contribution is -0.182. The summed E-state index contributed by atoms with van der Waals surface area (Å²) in [5.41, 5.74) is 6.45. The fraction of sp³-hybridized carbons (Fsp3) is 0.667. The molecular weight excluding hydrogens is 357 g/mol. The van der Waals surface area contributed by atoms with Crippen LogP contribution in [0.5, 0.6) is 0 Å². The number of nitrogens with two attached hydrogens (primary N) is 1. The van der Waals surface area contributed by atoms with Gasteiger partial charge in [-0.05, 0) is 0 Å². The van der Waals surface area contributed by atoms with Crippen LogP contribution >= 0.6 is 7.52 Å². The van der Waals surface area contributed by atoms with E-state index in [4.69, 9.17) is 20.0 Å². The molecule has 4 heterocycles. The van der Waals surface area contributed by atoms with E-state index in [1.807, 2.05) is 0 Å². The third kappa shape index (κ3) is 2.54. The van der Waals surface area contributed by atoms with Crippen LogP contribution in [0.2, 0.25) is 0 Å². The molecule has 1 aromatic heterocycles. The first-order chi connectivity index (χ1) is 12.0. The van der Waals surface area contributed by atoms with E-state index < -0.39 is 44.8 Å². The van der Waals surface area contributed by atoms with Gasteiger partial charge in [0.25, 0.3) is 0 Å². The van der Waals surface area contributed by atoms with Gasteiger partial charge in [-0.15, -0.1) is 0 Å². The molecule has 13 heteroatoms. The molecular formula is C12H18N5O7P. The lowest BCUT2D eigenvalue weighted by Crippen LogP contribution is -2.34. The minimum atomic E-state index is -3.28. The molecule has 0 radical (unpaired) electrons. The van der Waals surface area contributed by atoms with Crippen LogP contribution in [0.4, 0.5) is 5.82 Å². The SMILES string of the molecule is NC1c2ncn([C@@H]3O[C@H](CO)C(O)C3O)c2N=CN1P1(=O)CCOO1. The van der Waals surface area contributed by atoms with Crippen molar-refractivity contribution in [3.05, 3.63) is 12.0 Å². The van der Waals surface area contributed by atoms with Gasteiger partial charge in [0.15, 0.2) is 12.0 Å². The van der Waals surface area contributed by atoms with Crippen LogP contribution in [0.15, 0.2) is 11.3 Å². The molecule has 2 saturated heterocycles. The van der Waals surface area contributed by atoms with Crippen molar-refractivity contribution >= 4 is 19.7 Å². The van der Waals surface area contributed by atoms with Crippen molar-refractivity contribution in [2.45, 2.75) is 30.7 Å². The Morgan fingerprint density at radius 2 is 2.20 bits per heavy atom. The fourth-order valence-corrected chi connectivity index (χ4v) is 4.67. The monoisotopic (exact) mass is 375 g/mol. The van der Waals surface area contributed by atoms with E-state index >= 15 is 0 Å². The third-order valence-electron chi connectivity index (χ3n) is 4.43. The molecule has 0 amide bonds. The molecule has 0 spiro atoms. The Bertz CT molecular complexity index is 731. The zero-order valence-electron chi connectivity index (χ0n) is 13.0. The zero-order chi connectivity index (χ0) is 17.8. The van der Waals surface area contributed by atoms with E-state index in [1.165, 1.54) is 21.9 Å². The third-order valence-corrected chi connectivity index (χ3v) is 6.57. The van der Waals surface area contributed by atoms with Crippen molar-refractivity contribution in [3.63, 3.8) is 0 Å². The minimum Gasteiger partial charge on any atom is -0.394 e. The molecule has 3 aliphatic rings. The normalized spacial score (nSPS) is 40.6. The summed E-state index contributed by atoms with van der Waals surface area (Å²) >= 11 is 0. The van der Waals surface area contributed by atoms with E-state index in [-0.39, 0.29) is 12.8 Å². The molecule has 5 N–H and O–H groups in total. The predicted molar refractivity (Wildman–Crippen MR) is 81.7 cm³/mol. The Morgan fingerprint density at radius 3 is 2.84 bits per heavy atom. The van der Waals surface area contributed by atoms with Crippen LogP contribution in [-0.4, -0.2) is 73.6 Å². The number of aliphatic hydroxyl groups excluding tert-OH is 3. The molecule has 0 aliphatic carbocycles. The largest absolute Gasteiger partial charge is 0.394 e. The maximum Gasteiger partial charge on any atom is 0.329 e. The topological polar surface area (TPSA) is 165 Å². The smallest absolute Gasteiger partial charge is 0.329 e. The van der Waals surface area contributed by atoms with Crippen molar-refractivity contribution in [2.75, 3.05) is 19.4 Å². The number of aliphatic imine (C=N–C) groups is 1. The van der Waals surface area contributed by atoms with Gasteiger partial charge in [0.05, 0.1) is 25.7 Å². The summed E-state index contributed by atoms with van der Waals surface area (Å²) in [4.78, 5) is 13.1. The summed E-state index contributed by atoms with van der Waals surface area (Å²) in [6.07, 6.45) is -2.50. The lowest BCUT2D eigenvalue weighted by Gasteiger charge is -2.31. The average molecular weight is 375 g/mol. The number of hydrogen-bond acceptors (Lipinski definition) is 10. The van der Waals surface area contributed by atoms with Gasteiger partial charge in [0.2, 0.25) is 0 Å². The van der Waals surface area contributed by atoms with E-state index in [2.05, 4.69) is 9.98 Å². The highest BCUT2D eigenvalue weighted by atomic mass is 31.2. The summed E-state index contributed by atoms with van der Waals surface area (Å²) in [7, 11) is -3.28. The molecule has 6 atom stereocenters. The number of fused-ring (bicyclic) bond motifs is 1. The second kappa shape index (κ2) is 6.11. The lowest BCUT2D eigenvalue weighted by atomic mass is 10.1. The van der Waals surface area contributed by atoms with Crippen molar-refractivity contribution in [2.24, 2.45) is 10.7 Å². The summed E-state index contributed by atoms with van der Waals surface area (Å²) in [6, 6.07) is 0. The highest BCUT2D eigenvalue weighted by Gasteiger charge is 2.46. The van der Waals surface area contributed by atoms with Gasteiger partial charge in [0, 0.05) is 0 Å². The second-order valence-corrected chi connectivity index (χ2v) is 8.25. The second-order valence-electron chi connectivity index (χ2n) is 5.92. The number of hydrogen-bond donors (Lipinski definition) is 4. The van der Waals surface area contributed by atoms with Gasteiger partial charge < -0.3 is 25.8 Å². The molecule has 0 aromatic carbocycles. The number of ether oxygens (including phenoxy) is 1. The Hall–Kier alpha value is -1.37. The standard InChI is InChI=1S/C12H18N5O7P/c13-10-7-11(15-5-17(10)25(21)2-1-22-24-25)16(4-14-7)12-9(20)8(19)6(3-18)23-12/h4-6,8-10,12,18-20H,1-3,13H2/t6-,8?,9?,10?,12-,25?/m1/s1. The summed E-state index contributed by atoms with van der Waals surface area (Å²) < 4.78 is 25.7. The molecule has 3 aliphatic heterocycles. The van der Waals surface area contributed by atoms with E-state index in [1.54, 1.807) is 0 Å². The van der Waals surface area contributed by atoms with E-state index in [9.17, 15) is 19.9 Å². The van der Waals surface area contributed by atoms with Crippen LogP contribution in [0.3, 0.4) is 0 Å². The summed E-state index contributed by atoms with van der Waals surface area (Å²) in [5, 5.41) is 29.2. The van der Waals surface area contributed by atoms with E-state index in [0.29, 0.717) is 11.5 Å². The number of aliphatic hydroxyl groups is 3. The Labute approximate surface area is 141 Å². The molecule has 138 valence electrons. The molecule has 0 bridgehead atoms. The number of nitrogens with zero attached hydrogens (tertiary/aromatic N) is 4. The number of aromatic nitrogens is 2. The van der Waals surface area contributed by atoms with Gasteiger partial charge >= 0.3 is 7.52 Å². The molecule has 4 rings (SSSR count). The molecule has 4 unspecified atom stereocenters. The van der Waals surface area contributed by atoms with Crippen molar-refractivity contribution in [3.8, 4) is 0 Å². The van der Waals surface area contributed by atoms with Crippen molar-refractivity contribution < 1.29 is 34.2 Å². The maximum atomic E-state index is 12.7. The molecule has 12 nitrogen and oxygen atoms in total. The first kappa shape index (κ1) is 17.1. The summed E-state index contributed by atoms with van der Waals surface area (Å²) in [6.45, 7) is -0.249. The predicted octanol–water partition coefficient (Wildman–Crippen LogP) is -1.42. The van der Waals surface area contributed by atoms with Crippen molar-refractivity contribution in [1.29, 1.82) is 0 Å². The highest BCUT2D eigenvalue weighted by molar-refractivity contribution is 7.57. The fourth-order valence-electron chi connectivity index (χ4n) is 3.05.